The first-order chi connectivity index (χ1) is 5.07. The Morgan fingerprint density at radius 1 is 1.36 bits per heavy atom. The van der Waals surface area contributed by atoms with E-state index in [1.165, 1.54) is 0 Å². The summed E-state index contributed by atoms with van der Waals surface area (Å²) in [6.07, 6.45) is 2.37. The topological polar surface area (TPSA) is 29.4 Å². The van der Waals surface area contributed by atoms with E-state index in [0.717, 1.165) is 17.4 Å². The lowest BCUT2D eigenvalue weighted by Crippen LogP contribution is -1.89. The van der Waals surface area contributed by atoms with Gasteiger partial charge >= 0.3 is 0 Å². The average molecular weight is 151 g/mol. The molecule has 11 heavy (non-hydrogen) atoms. The molecule has 0 unspecified atom stereocenters. The SMILES string of the molecule is C=C(C)/C(C)=C/N=C(\C)C=O. The van der Waals surface area contributed by atoms with Gasteiger partial charge in [0.15, 0.2) is 6.29 Å². The Hall–Kier alpha value is -1.18. The molecular formula is C9H13NO. The Morgan fingerprint density at radius 2 is 1.91 bits per heavy atom. The van der Waals surface area contributed by atoms with Gasteiger partial charge in [-0.15, -0.1) is 0 Å². The molecule has 0 amide bonds. The minimum atomic E-state index is 0.477. The number of aldehydes is 1. The number of rotatable bonds is 3. The van der Waals surface area contributed by atoms with Gasteiger partial charge < -0.3 is 0 Å². The van der Waals surface area contributed by atoms with Crippen LogP contribution in [0.5, 0.6) is 0 Å². The van der Waals surface area contributed by atoms with Crippen LogP contribution in [0, 0.1) is 0 Å². The maximum absolute atomic E-state index is 10.1. The van der Waals surface area contributed by atoms with Crippen molar-refractivity contribution in [1.82, 2.24) is 0 Å². The minimum absolute atomic E-state index is 0.477. The summed E-state index contributed by atoms with van der Waals surface area (Å²) in [5.74, 6) is 0. The van der Waals surface area contributed by atoms with Gasteiger partial charge in [0.25, 0.3) is 0 Å². The molecule has 0 bridgehead atoms. The zero-order valence-corrected chi connectivity index (χ0v) is 7.22. The second-order valence-corrected chi connectivity index (χ2v) is 2.48. The second kappa shape index (κ2) is 4.61. The van der Waals surface area contributed by atoms with Crippen LogP contribution in [0.15, 0.2) is 28.9 Å². The molecule has 0 rings (SSSR count). The highest BCUT2D eigenvalue weighted by atomic mass is 16.1. The summed E-state index contributed by atoms with van der Waals surface area (Å²) in [4.78, 5) is 14.0. The number of hydrogen-bond acceptors (Lipinski definition) is 2. The fraction of sp³-hybridized carbons (Fsp3) is 0.333. The lowest BCUT2D eigenvalue weighted by atomic mass is 10.2. The molecule has 0 saturated heterocycles. The highest BCUT2D eigenvalue weighted by Gasteiger charge is 1.87. The fourth-order valence-electron chi connectivity index (χ4n) is 0.339. The van der Waals surface area contributed by atoms with Crippen LogP contribution in [0.4, 0.5) is 0 Å². The normalized spacial score (nSPS) is 13.0. The van der Waals surface area contributed by atoms with E-state index in [1.807, 2.05) is 13.8 Å². The number of allylic oxidation sites excluding steroid dienone is 2. The Balaban J connectivity index is 4.34. The monoisotopic (exact) mass is 151 g/mol. The van der Waals surface area contributed by atoms with Crippen LogP contribution in [-0.4, -0.2) is 12.0 Å². The Kier molecular flexibility index (Phi) is 4.11. The van der Waals surface area contributed by atoms with Crippen molar-refractivity contribution >= 4 is 12.0 Å². The summed E-state index contributed by atoms with van der Waals surface area (Å²) in [7, 11) is 0. The van der Waals surface area contributed by atoms with Gasteiger partial charge in [0.1, 0.15) is 0 Å². The van der Waals surface area contributed by atoms with Gasteiger partial charge in [0, 0.05) is 6.20 Å². The number of hydrogen-bond donors (Lipinski definition) is 0. The fourth-order valence-corrected chi connectivity index (χ4v) is 0.339. The van der Waals surface area contributed by atoms with Crippen molar-refractivity contribution < 1.29 is 4.79 Å². The lowest BCUT2D eigenvalue weighted by Gasteiger charge is -1.94. The molecule has 2 nitrogen and oxygen atoms in total. The summed E-state index contributed by atoms with van der Waals surface area (Å²) in [5, 5.41) is 0. The Labute approximate surface area is 67.3 Å². The minimum Gasteiger partial charge on any atom is -0.297 e. The van der Waals surface area contributed by atoms with Crippen molar-refractivity contribution in [3.05, 3.63) is 23.9 Å². The first kappa shape index (κ1) is 9.82. The van der Waals surface area contributed by atoms with Gasteiger partial charge in [-0.3, -0.25) is 9.79 Å². The van der Waals surface area contributed by atoms with Crippen LogP contribution in [0.3, 0.4) is 0 Å². The van der Waals surface area contributed by atoms with Crippen molar-refractivity contribution in [2.24, 2.45) is 4.99 Å². The molecule has 0 aliphatic rings. The van der Waals surface area contributed by atoms with E-state index in [9.17, 15) is 4.79 Å². The van der Waals surface area contributed by atoms with E-state index in [1.54, 1.807) is 13.1 Å². The summed E-state index contributed by atoms with van der Waals surface area (Å²) in [6.45, 7) is 9.20. The van der Waals surface area contributed by atoms with Crippen LogP contribution in [0.25, 0.3) is 0 Å². The van der Waals surface area contributed by atoms with Crippen molar-refractivity contribution in [2.45, 2.75) is 20.8 Å². The van der Waals surface area contributed by atoms with Crippen LogP contribution in [0.2, 0.25) is 0 Å². The highest BCUT2D eigenvalue weighted by Crippen LogP contribution is 2.04. The van der Waals surface area contributed by atoms with Crippen LogP contribution < -0.4 is 0 Å². The average Bonchev–Trinajstić information content (AvgIpc) is 1.99. The molecule has 0 N–H and O–H groups in total. The standard InChI is InChI=1S/C9H13NO/c1-7(2)8(3)5-10-9(4)6-11/h5-6H,1H2,2-4H3/b8-5+,10-9+. The van der Waals surface area contributed by atoms with E-state index < -0.39 is 0 Å². The predicted octanol–water partition coefficient (Wildman–Crippen LogP) is 2.13. The van der Waals surface area contributed by atoms with E-state index in [4.69, 9.17) is 0 Å². The second-order valence-electron chi connectivity index (χ2n) is 2.48. The summed E-state index contributed by atoms with van der Waals surface area (Å²) in [5.41, 5.74) is 2.43. The molecule has 0 radical (unpaired) electrons. The third kappa shape index (κ3) is 4.25. The maximum Gasteiger partial charge on any atom is 0.163 e. The molecule has 0 atom stereocenters. The molecule has 0 aliphatic heterocycles. The molecular weight excluding hydrogens is 138 g/mol. The smallest absolute Gasteiger partial charge is 0.163 e. The van der Waals surface area contributed by atoms with Crippen molar-refractivity contribution in [3.8, 4) is 0 Å². The van der Waals surface area contributed by atoms with Crippen molar-refractivity contribution in [1.29, 1.82) is 0 Å². The number of aliphatic imine (C=N–C) groups is 1. The first-order valence-electron chi connectivity index (χ1n) is 3.40. The molecule has 0 aromatic rings. The number of nitrogens with zero attached hydrogens (tertiary/aromatic N) is 1. The van der Waals surface area contributed by atoms with Gasteiger partial charge in [-0.2, -0.15) is 0 Å². The van der Waals surface area contributed by atoms with Gasteiger partial charge in [0.05, 0.1) is 5.71 Å². The molecule has 0 heterocycles. The highest BCUT2D eigenvalue weighted by molar-refractivity contribution is 6.27. The third-order valence-electron chi connectivity index (χ3n) is 1.31. The van der Waals surface area contributed by atoms with Crippen molar-refractivity contribution in [3.63, 3.8) is 0 Å². The van der Waals surface area contributed by atoms with Gasteiger partial charge in [-0.1, -0.05) is 12.2 Å². The number of carbonyl (C=O) groups is 1. The zero-order valence-electron chi connectivity index (χ0n) is 7.22. The van der Waals surface area contributed by atoms with Crippen molar-refractivity contribution in [2.75, 3.05) is 0 Å². The van der Waals surface area contributed by atoms with Gasteiger partial charge in [-0.05, 0) is 26.3 Å². The van der Waals surface area contributed by atoms with Crippen LogP contribution in [0.1, 0.15) is 20.8 Å². The van der Waals surface area contributed by atoms with E-state index in [0.29, 0.717) is 5.71 Å². The first-order valence-corrected chi connectivity index (χ1v) is 3.40. The molecule has 0 aliphatic carbocycles. The van der Waals surface area contributed by atoms with E-state index in [-0.39, 0.29) is 0 Å². The largest absolute Gasteiger partial charge is 0.297 e. The summed E-state index contributed by atoms with van der Waals surface area (Å²) < 4.78 is 0. The van der Waals surface area contributed by atoms with Gasteiger partial charge in [-0.25, -0.2) is 0 Å². The zero-order chi connectivity index (χ0) is 8.85. The predicted molar refractivity (Wildman–Crippen MR) is 47.7 cm³/mol. The van der Waals surface area contributed by atoms with Crippen LogP contribution >= 0.6 is 0 Å². The Bertz CT molecular complexity index is 224. The quantitative estimate of drug-likeness (QED) is 0.345. The summed E-state index contributed by atoms with van der Waals surface area (Å²) in [6, 6.07) is 0. The number of carbonyl (C=O) groups excluding carboxylic acids is 1. The maximum atomic E-state index is 10.1. The summed E-state index contributed by atoms with van der Waals surface area (Å²) >= 11 is 0. The molecule has 2 heteroatoms. The molecule has 0 saturated carbocycles. The molecule has 60 valence electrons. The molecule has 0 spiro atoms. The molecule has 0 aromatic heterocycles. The lowest BCUT2D eigenvalue weighted by molar-refractivity contribution is -0.102. The van der Waals surface area contributed by atoms with E-state index in [2.05, 4.69) is 11.6 Å². The van der Waals surface area contributed by atoms with Gasteiger partial charge in [0.2, 0.25) is 0 Å². The molecule has 0 fully saturated rings. The molecule has 0 aromatic carbocycles. The third-order valence-corrected chi connectivity index (χ3v) is 1.31. The van der Waals surface area contributed by atoms with Crippen LogP contribution in [-0.2, 0) is 4.79 Å². The van der Waals surface area contributed by atoms with E-state index >= 15 is 0 Å². The Morgan fingerprint density at radius 3 is 2.27 bits per heavy atom.